The van der Waals surface area contributed by atoms with Crippen molar-refractivity contribution in [2.75, 3.05) is 5.32 Å². The fourth-order valence-corrected chi connectivity index (χ4v) is 3.76. The first-order valence-electron chi connectivity index (χ1n) is 8.95. The van der Waals surface area contributed by atoms with Crippen LogP contribution in [0.15, 0.2) is 41.0 Å². The highest BCUT2D eigenvalue weighted by atomic mass is 79.9. The van der Waals surface area contributed by atoms with Gasteiger partial charge in [-0.2, -0.15) is 19.0 Å². The lowest BCUT2D eigenvalue weighted by atomic mass is 10.2. The fourth-order valence-electron chi connectivity index (χ4n) is 2.99. The number of hydrogen-bond donors (Lipinski definition) is 1. The van der Waals surface area contributed by atoms with Gasteiger partial charge in [-0.3, -0.25) is 9.48 Å². The van der Waals surface area contributed by atoms with E-state index in [0.717, 1.165) is 10.6 Å². The zero-order valence-corrected chi connectivity index (χ0v) is 19.2. The van der Waals surface area contributed by atoms with E-state index < -0.39 is 22.8 Å². The molecule has 0 aliphatic rings. The van der Waals surface area contributed by atoms with Crippen LogP contribution in [0, 0.1) is 12.7 Å². The van der Waals surface area contributed by atoms with Gasteiger partial charge >= 0.3 is 5.38 Å². The highest BCUT2D eigenvalue weighted by Crippen LogP contribution is 2.33. The first-order chi connectivity index (χ1) is 15.0. The van der Waals surface area contributed by atoms with Gasteiger partial charge in [0.15, 0.2) is 17.2 Å². The van der Waals surface area contributed by atoms with Gasteiger partial charge in [0.05, 0.1) is 11.0 Å². The van der Waals surface area contributed by atoms with Crippen LogP contribution in [0.3, 0.4) is 0 Å². The molecule has 166 valence electrons. The second-order valence-electron chi connectivity index (χ2n) is 6.76. The summed E-state index contributed by atoms with van der Waals surface area (Å²) in [6.07, 6.45) is 1.53. The summed E-state index contributed by atoms with van der Waals surface area (Å²) in [7, 11) is 0. The molecule has 0 saturated carbocycles. The van der Waals surface area contributed by atoms with Gasteiger partial charge in [0.2, 0.25) is 0 Å². The van der Waals surface area contributed by atoms with E-state index in [1.807, 2.05) is 0 Å². The van der Waals surface area contributed by atoms with Crippen molar-refractivity contribution in [1.29, 1.82) is 0 Å². The second kappa shape index (κ2) is 8.38. The average Bonchev–Trinajstić information content (AvgIpc) is 3.26. The standard InChI is InChI=1S/C19H12BrCl2F3N6O/c1-9-5-15(19(22,24)25)31-16(26-9)6-14(28-31)18(32)27-17-11(20)8-30(29-17)7-10-12(21)3-2-4-13(10)23/h2-6,8H,7H2,1H3,(H,27,29,32). The SMILES string of the molecule is Cc1cc(C(F)(F)Cl)n2nc(C(=O)Nc3nn(Cc4c(F)cccc4Cl)cc3Br)cc2n1. The molecule has 4 aromatic rings. The molecule has 0 bridgehead atoms. The molecular formula is C19H12BrCl2F3N6O. The molecule has 13 heteroatoms. The maximum Gasteiger partial charge on any atom is 0.364 e. The van der Waals surface area contributed by atoms with Crippen LogP contribution >= 0.6 is 39.1 Å². The van der Waals surface area contributed by atoms with Crippen LogP contribution in [0.4, 0.5) is 19.0 Å². The number of aryl methyl sites for hydroxylation is 1. The number of benzene rings is 1. The molecule has 0 spiro atoms. The summed E-state index contributed by atoms with van der Waals surface area (Å²) < 4.78 is 44.1. The fraction of sp³-hybridized carbons (Fsp3) is 0.158. The smallest absolute Gasteiger partial charge is 0.303 e. The summed E-state index contributed by atoms with van der Waals surface area (Å²) in [5.74, 6) is -1.09. The van der Waals surface area contributed by atoms with E-state index in [1.165, 1.54) is 36.0 Å². The van der Waals surface area contributed by atoms with Crippen molar-refractivity contribution in [3.63, 3.8) is 0 Å². The van der Waals surface area contributed by atoms with Gasteiger partial charge in [0, 0.05) is 28.5 Å². The third kappa shape index (κ3) is 4.45. The van der Waals surface area contributed by atoms with Gasteiger partial charge in [0.25, 0.3) is 5.91 Å². The van der Waals surface area contributed by atoms with E-state index in [4.69, 9.17) is 23.2 Å². The molecule has 4 rings (SSSR count). The number of rotatable bonds is 5. The van der Waals surface area contributed by atoms with Crippen LogP contribution in [0.25, 0.3) is 5.65 Å². The molecule has 7 nitrogen and oxygen atoms in total. The third-order valence-corrected chi connectivity index (χ3v) is 5.54. The summed E-state index contributed by atoms with van der Waals surface area (Å²) in [5, 5.41) is 7.16. The Kier molecular flexibility index (Phi) is 5.91. The quantitative estimate of drug-likeness (QED) is 0.340. The van der Waals surface area contributed by atoms with Crippen molar-refractivity contribution in [3.8, 4) is 0 Å². The van der Waals surface area contributed by atoms with Crippen LogP contribution in [-0.2, 0) is 11.9 Å². The number of nitrogens with zero attached hydrogens (tertiary/aromatic N) is 5. The van der Waals surface area contributed by atoms with E-state index in [1.54, 1.807) is 6.07 Å². The van der Waals surface area contributed by atoms with Crippen molar-refractivity contribution < 1.29 is 18.0 Å². The van der Waals surface area contributed by atoms with Crippen molar-refractivity contribution in [2.24, 2.45) is 0 Å². The first kappa shape index (κ1) is 22.6. The Hall–Kier alpha value is -2.63. The Bertz CT molecular complexity index is 1330. The molecule has 3 heterocycles. The number of halogens is 6. The summed E-state index contributed by atoms with van der Waals surface area (Å²) in [5.41, 5.74) is -0.243. The third-order valence-electron chi connectivity index (χ3n) is 4.41. The molecule has 0 saturated heterocycles. The summed E-state index contributed by atoms with van der Waals surface area (Å²) in [6, 6.07) is 6.65. The maximum absolute atomic E-state index is 14.0. The van der Waals surface area contributed by atoms with E-state index in [-0.39, 0.29) is 40.0 Å². The van der Waals surface area contributed by atoms with Crippen molar-refractivity contribution in [2.45, 2.75) is 18.9 Å². The average molecular weight is 548 g/mol. The van der Waals surface area contributed by atoms with Crippen molar-refractivity contribution in [1.82, 2.24) is 24.4 Å². The van der Waals surface area contributed by atoms with Crippen LogP contribution in [0.5, 0.6) is 0 Å². The molecule has 0 fully saturated rings. The van der Waals surface area contributed by atoms with Gasteiger partial charge in [-0.1, -0.05) is 17.7 Å². The zero-order valence-electron chi connectivity index (χ0n) is 16.1. The van der Waals surface area contributed by atoms with Gasteiger partial charge < -0.3 is 5.32 Å². The molecule has 1 amide bonds. The van der Waals surface area contributed by atoms with Gasteiger partial charge in [0.1, 0.15) is 11.5 Å². The van der Waals surface area contributed by atoms with Crippen LogP contribution in [0.1, 0.15) is 27.4 Å². The maximum atomic E-state index is 14.0. The number of carbonyl (C=O) groups is 1. The minimum absolute atomic E-state index is 0.0195. The highest BCUT2D eigenvalue weighted by molar-refractivity contribution is 9.10. The highest BCUT2D eigenvalue weighted by Gasteiger charge is 2.33. The number of anilines is 1. The topological polar surface area (TPSA) is 77.1 Å². The summed E-state index contributed by atoms with van der Waals surface area (Å²) >= 11 is 14.5. The van der Waals surface area contributed by atoms with Gasteiger partial charge in [-0.05, 0) is 52.7 Å². The van der Waals surface area contributed by atoms with E-state index in [0.29, 0.717) is 4.47 Å². The van der Waals surface area contributed by atoms with Crippen LogP contribution in [-0.4, -0.2) is 30.3 Å². The number of carbonyl (C=O) groups excluding carboxylic acids is 1. The summed E-state index contributed by atoms with van der Waals surface area (Å²) in [4.78, 5) is 16.8. The second-order valence-corrected chi connectivity index (χ2v) is 8.49. The van der Waals surface area contributed by atoms with Gasteiger partial charge in [-0.25, -0.2) is 13.9 Å². The zero-order chi connectivity index (χ0) is 23.2. The molecule has 0 radical (unpaired) electrons. The molecule has 3 aromatic heterocycles. The number of alkyl halides is 3. The Balaban J connectivity index is 1.60. The first-order valence-corrected chi connectivity index (χ1v) is 10.5. The predicted octanol–water partition coefficient (Wildman–Crippen LogP) is 5.38. The number of amides is 1. The normalized spacial score (nSPS) is 11.8. The summed E-state index contributed by atoms with van der Waals surface area (Å²) in [6.45, 7) is 1.54. The van der Waals surface area contributed by atoms with Crippen LogP contribution < -0.4 is 5.32 Å². The molecule has 0 unspecified atom stereocenters. The monoisotopic (exact) mass is 546 g/mol. The lowest BCUT2D eigenvalue weighted by Crippen LogP contribution is -2.16. The van der Waals surface area contributed by atoms with Crippen molar-refractivity contribution in [3.05, 3.63) is 74.5 Å². The van der Waals surface area contributed by atoms with Gasteiger partial charge in [-0.15, -0.1) is 0 Å². The predicted molar refractivity (Wildman–Crippen MR) is 116 cm³/mol. The van der Waals surface area contributed by atoms with E-state index in [9.17, 15) is 18.0 Å². The molecular weight excluding hydrogens is 536 g/mol. The molecule has 0 aliphatic carbocycles. The molecule has 0 atom stereocenters. The number of hydrogen-bond acceptors (Lipinski definition) is 4. The molecule has 32 heavy (non-hydrogen) atoms. The Labute approximate surface area is 197 Å². The van der Waals surface area contributed by atoms with Crippen LogP contribution in [0.2, 0.25) is 5.02 Å². The number of fused-ring (bicyclic) bond motifs is 1. The molecule has 0 aliphatic heterocycles. The minimum Gasteiger partial charge on any atom is -0.303 e. The Morgan fingerprint density at radius 1 is 1.28 bits per heavy atom. The van der Waals surface area contributed by atoms with Crippen molar-refractivity contribution >= 4 is 56.5 Å². The van der Waals surface area contributed by atoms with E-state index in [2.05, 4.69) is 36.4 Å². The Morgan fingerprint density at radius 3 is 2.72 bits per heavy atom. The number of aromatic nitrogens is 5. The number of nitrogens with one attached hydrogen (secondary N) is 1. The lowest BCUT2D eigenvalue weighted by molar-refractivity contribution is 0.0868. The largest absolute Gasteiger partial charge is 0.364 e. The molecule has 1 N–H and O–H groups in total. The van der Waals surface area contributed by atoms with E-state index >= 15 is 0 Å². The molecule has 1 aromatic carbocycles. The lowest BCUT2D eigenvalue weighted by Gasteiger charge is -2.10. The Morgan fingerprint density at radius 2 is 2.03 bits per heavy atom. The minimum atomic E-state index is -3.71.